The molecule has 1 aromatic carbocycles. The van der Waals surface area contributed by atoms with E-state index >= 15 is 0 Å². The fourth-order valence-corrected chi connectivity index (χ4v) is 1.93. The van der Waals surface area contributed by atoms with Gasteiger partial charge in [0.1, 0.15) is 0 Å². The van der Waals surface area contributed by atoms with Crippen LogP contribution in [0.5, 0.6) is 0 Å². The maximum absolute atomic E-state index is 5.36. The summed E-state index contributed by atoms with van der Waals surface area (Å²) in [5, 5.41) is 3.37. The molecule has 0 heterocycles. The molecule has 1 rings (SSSR count). The average molecular weight is 229 g/mol. The highest BCUT2D eigenvalue weighted by Crippen LogP contribution is 2.15. The molecule has 92 valence electrons. The highest BCUT2D eigenvalue weighted by Gasteiger charge is 2.07. The molecule has 0 aliphatic carbocycles. The molecule has 1 aromatic rings. The SMILES string of the molecule is C#CC(C)NC(C)c1ccc(CC(C)C)cc1. The van der Waals surface area contributed by atoms with Crippen molar-refractivity contribution in [3.63, 3.8) is 0 Å². The number of rotatable bonds is 5. The number of hydrogen-bond donors (Lipinski definition) is 1. The number of hydrogen-bond acceptors (Lipinski definition) is 1. The van der Waals surface area contributed by atoms with Gasteiger partial charge in [-0.25, -0.2) is 0 Å². The first kappa shape index (κ1) is 13.8. The van der Waals surface area contributed by atoms with Crippen molar-refractivity contribution in [3.8, 4) is 12.3 Å². The molecule has 2 unspecified atom stereocenters. The lowest BCUT2D eigenvalue weighted by molar-refractivity contribution is 0.546. The lowest BCUT2D eigenvalue weighted by atomic mass is 10.00. The molecule has 0 saturated heterocycles. The predicted octanol–water partition coefficient (Wildman–Crippen LogP) is 3.56. The minimum absolute atomic E-state index is 0.111. The summed E-state index contributed by atoms with van der Waals surface area (Å²) >= 11 is 0. The van der Waals surface area contributed by atoms with Crippen molar-refractivity contribution >= 4 is 0 Å². The van der Waals surface area contributed by atoms with Gasteiger partial charge in [-0.3, -0.25) is 5.32 Å². The number of benzene rings is 1. The van der Waals surface area contributed by atoms with E-state index in [4.69, 9.17) is 6.42 Å². The van der Waals surface area contributed by atoms with Gasteiger partial charge < -0.3 is 0 Å². The van der Waals surface area contributed by atoms with Crippen LogP contribution in [0.15, 0.2) is 24.3 Å². The molecule has 0 aromatic heterocycles. The standard InChI is InChI=1S/C16H23N/c1-6-13(4)17-14(5)16-9-7-15(8-10-16)11-12(2)3/h1,7-10,12-14,17H,11H2,2-5H3. The van der Waals surface area contributed by atoms with Crippen molar-refractivity contribution in [3.05, 3.63) is 35.4 Å². The van der Waals surface area contributed by atoms with Gasteiger partial charge in [-0.15, -0.1) is 6.42 Å². The smallest absolute Gasteiger partial charge is 0.0662 e. The average Bonchev–Trinajstić information content (AvgIpc) is 2.28. The van der Waals surface area contributed by atoms with Gasteiger partial charge in [0.2, 0.25) is 0 Å². The van der Waals surface area contributed by atoms with Gasteiger partial charge in [0.15, 0.2) is 0 Å². The predicted molar refractivity (Wildman–Crippen MR) is 74.8 cm³/mol. The molecule has 0 saturated carbocycles. The summed E-state index contributed by atoms with van der Waals surface area (Å²) in [6, 6.07) is 9.23. The third kappa shape index (κ3) is 4.63. The van der Waals surface area contributed by atoms with E-state index in [2.05, 4.69) is 56.3 Å². The first-order valence-electron chi connectivity index (χ1n) is 6.34. The Morgan fingerprint density at radius 2 is 1.71 bits per heavy atom. The van der Waals surface area contributed by atoms with Crippen LogP contribution < -0.4 is 5.32 Å². The lowest BCUT2D eigenvalue weighted by Gasteiger charge is -2.17. The van der Waals surface area contributed by atoms with Gasteiger partial charge in [0.05, 0.1) is 6.04 Å². The van der Waals surface area contributed by atoms with Crippen LogP contribution in [-0.4, -0.2) is 6.04 Å². The molecule has 1 N–H and O–H groups in total. The third-order valence-electron chi connectivity index (χ3n) is 2.87. The zero-order valence-electron chi connectivity index (χ0n) is 11.3. The van der Waals surface area contributed by atoms with E-state index < -0.39 is 0 Å². The summed E-state index contributed by atoms with van der Waals surface area (Å²) in [5.74, 6) is 3.40. The Morgan fingerprint density at radius 1 is 1.12 bits per heavy atom. The molecule has 0 spiro atoms. The molecule has 0 aliphatic rings. The fourth-order valence-electron chi connectivity index (χ4n) is 1.93. The van der Waals surface area contributed by atoms with Gasteiger partial charge in [0, 0.05) is 6.04 Å². The summed E-state index contributed by atoms with van der Waals surface area (Å²) in [7, 11) is 0. The van der Waals surface area contributed by atoms with Crippen LogP contribution in [0.3, 0.4) is 0 Å². The van der Waals surface area contributed by atoms with E-state index in [0.717, 1.165) is 6.42 Å². The van der Waals surface area contributed by atoms with E-state index in [1.165, 1.54) is 11.1 Å². The topological polar surface area (TPSA) is 12.0 Å². The van der Waals surface area contributed by atoms with Crippen LogP contribution in [0.1, 0.15) is 44.9 Å². The van der Waals surface area contributed by atoms with Crippen molar-refractivity contribution in [1.29, 1.82) is 0 Å². The van der Waals surface area contributed by atoms with Gasteiger partial charge in [-0.05, 0) is 37.3 Å². The quantitative estimate of drug-likeness (QED) is 0.761. The van der Waals surface area contributed by atoms with Crippen molar-refractivity contribution in [2.24, 2.45) is 5.92 Å². The van der Waals surface area contributed by atoms with E-state index in [1.807, 2.05) is 6.92 Å². The molecule has 0 radical (unpaired) electrons. The summed E-state index contributed by atoms with van der Waals surface area (Å²) in [6.07, 6.45) is 6.51. The maximum Gasteiger partial charge on any atom is 0.0662 e. The summed E-state index contributed by atoms with van der Waals surface area (Å²) < 4.78 is 0. The Hall–Kier alpha value is -1.26. The van der Waals surface area contributed by atoms with Crippen LogP contribution in [0.4, 0.5) is 0 Å². The molecule has 0 bridgehead atoms. The van der Waals surface area contributed by atoms with E-state index in [-0.39, 0.29) is 6.04 Å². The molecule has 1 nitrogen and oxygen atoms in total. The Balaban J connectivity index is 2.64. The van der Waals surface area contributed by atoms with Crippen LogP contribution in [0.2, 0.25) is 0 Å². The highest BCUT2D eigenvalue weighted by atomic mass is 14.9. The van der Waals surface area contributed by atoms with Gasteiger partial charge >= 0.3 is 0 Å². The molecule has 0 amide bonds. The second-order valence-electron chi connectivity index (χ2n) is 5.12. The van der Waals surface area contributed by atoms with Gasteiger partial charge in [-0.1, -0.05) is 44.0 Å². The Bertz CT molecular complexity index is 370. The largest absolute Gasteiger partial charge is 0.297 e. The molecular formula is C16H23N. The second-order valence-corrected chi connectivity index (χ2v) is 5.12. The molecule has 0 aliphatic heterocycles. The van der Waals surface area contributed by atoms with E-state index in [9.17, 15) is 0 Å². The summed E-state index contributed by atoms with van der Waals surface area (Å²) in [5.41, 5.74) is 2.69. The number of nitrogens with one attached hydrogen (secondary N) is 1. The minimum atomic E-state index is 0.111. The van der Waals surface area contributed by atoms with Crippen LogP contribution in [-0.2, 0) is 6.42 Å². The van der Waals surface area contributed by atoms with E-state index in [1.54, 1.807) is 0 Å². The summed E-state index contributed by atoms with van der Waals surface area (Å²) in [4.78, 5) is 0. The highest BCUT2D eigenvalue weighted by molar-refractivity contribution is 5.25. The summed E-state index contributed by atoms with van der Waals surface area (Å²) in [6.45, 7) is 8.63. The fraction of sp³-hybridized carbons (Fsp3) is 0.500. The Kier molecular flexibility index (Phi) is 5.25. The number of terminal acetylenes is 1. The first-order chi connectivity index (χ1) is 8.02. The van der Waals surface area contributed by atoms with Crippen molar-refractivity contribution in [1.82, 2.24) is 5.32 Å². The van der Waals surface area contributed by atoms with Crippen LogP contribution in [0, 0.1) is 18.3 Å². The first-order valence-corrected chi connectivity index (χ1v) is 6.34. The van der Waals surface area contributed by atoms with Crippen molar-refractivity contribution in [2.75, 3.05) is 0 Å². The van der Waals surface area contributed by atoms with Gasteiger partial charge in [-0.2, -0.15) is 0 Å². The minimum Gasteiger partial charge on any atom is -0.297 e. The molecular weight excluding hydrogens is 206 g/mol. The van der Waals surface area contributed by atoms with Crippen LogP contribution >= 0.6 is 0 Å². The Labute approximate surface area is 106 Å². The molecule has 0 fully saturated rings. The zero-order chi connectivity index (χ0) is 12.8. The van der Waals surface area contributed by atoms with Crippen molar-refractivity contribution < 1.29 is 0 Å². The van der Waals surface area contributed by atoms with E-state index in [0.29, 0.717) is 12.0 Å². The second kappa shape index (κ2) is 6.47. The zero-order valence-corrected chi connectivity index (χ0v) is 11.3. The molecule has 17 heavy (non-hydrogen) atoms. The monoisotopic (exact) mass is 229 g/mol. The van der Waals surface area contributed by atoms with Crippen LogP contribution in [0.25, 0.3) is 0 Å². The molecule has 2 atom stereocenters. The lowest BCUT2D eigenvalue weighted by Crippen LogP contribution is -2.27. The normalized spacial score (nSPS) is 14.4. The molecule has 1 heteroatoms. The third-order valence-corrected chi connectivity index (χ3v) is 2.87. The Morgan fingerprint density at radius 3 is 2.18 bits per heavy atom. The van der Waals surface area contributed by atoms with Gasteiger partial charge in [0.25, 0.3) is 0 Å². The van der Waals surface area contributed by atoms with Crippen molar-refractivity contribution in [2.45, 2.75) is 46.2 Å². The maximum atomic E-state index is 5.36.